The second-order valence-electron chi connectivity index (χ2n) is 4.67. The lowest BCUT2D eigenvalue weighted by Gasteiger charge is -2.11. The maximum absolute atomic E-state index is 12.1. The van der Waals surface area contributed by atoms with Gasteiger partial charge < -0.3 is 10.1 Å². The lowest BCUT2D eigenvalue weighted by Crippen LogP contribution is -2.07. The molecule has 1 aromatic carbocycles. The molecule has 0 spiro atoms. The molecule has 1 unspecified atom stereocenters. The number of unbranched alkanes of at least 4 members (excludes halogenated alkanes) is 2. The van der Waals surface area contributed by atoms with Crippen LogP contribution in [0.5, 0.6) is 5.75 Å². The number of hydrogen-bond acceptors (Lipinski definition) is 3. The first kappa shape index (κ1) is 16.2. The fourth-order valence-electron chi connectivity index (χ4n) is 2.02. The van der Waals surface area contributed by atoms with Gasteiger partial charge in [-0.15, -0.1) is 0 Å². The van der Waals surface area contributed by atoms with Crippen LogP contribution in [0, 0.1) is 0 Å². The zero-order chi connectivity index (χ0) is 14.1. The average molecular weight is 283 g/mol. The predicted molar refractivity (Wildman–Crippen MR) is 82.0 cm³/mol. The van der Waals surface area contributed by atoms with Gasteiger partial charge in [-0.05, 0) is 31.2 Å². The maximum atomic E-state index is 12.1. The minimum Gasteiger partial charge on any atom is -0.496 e. The van der Waals surface area contributed by atoms with Crippen molar-refractivity contribution in [3.63, 3.8) is 0 Å². The smallest absolute Gasteiger partial charge is 0.123 e. The lowest BCUT2D eigenvalue weighted by atomic mass is 10.1. The van der Waals surface area contributed by atoms with Gasteiger partial charge in [0.2, 0.25) is 0 Å². The lowest BCUT2D eigenvalue weighted by molar-refractivity contribution is 0.411. The predicted octanol–water partition coefficient (Wildman–Crippen LogP) is 2.85. The van der Waals surface area contributed by atoms with Crippen molar-refractivity contribution >= 4 is 10.8 Å². The molecule has 1 aromatic rings. The highest BCUT2D eigenvalue weighted by Crippen LogP contribution is 2.22. The molecular weight excluding hydrogens is 258 g/mol. The monoisotopic (exact) mass is 283 g/mol. The Kier molecular flexibility index (Phi) is 7.75. The number of hydrogen-bond donors (Lipinski definition) is 1. The number of ether oxygens (including phenoxy) is 1. The molecule has 1 rings (SSSR count). The van der Waals surface area contributed by atoms with E-state index in [1.54, 1.807) is 7.11 Å². The molecular formula is C15H25NO2S. The first-order valence-corrected chi connectivity index (χ1v) is 8.35. The van der Waals surface area contributed by atoms with Gasteiger partial charge in [0, 0.05) is 28.7 Å². The summed E-state index contributed by atoms with van der Waals surface area (Å²) in [5, 5.41) is 3.13. The van der Waals surface area contributed by atoms with Crippen LogP contribution in [0.4, 0.5) is 0 Å². The molecule has 0 amide bonds. The molecule has 0 saturated heterocycles. The van der Waals surface area contributed by atoms with Crippen LogP contribution in [0.3, 0.4) is 0 Å². The van der Waals surface area contributed by atoms with Crippen molar-refractivity contribution in [1.29, 1.82) is 0 Å². The van der Waals surface area contributed by atoms with E-state index in [0.717, 1.165) is 42.9 Å². The topological polar surface area (TPSA) is 38.3 Å². The first-order valence-electron chi connectivity index (χ1n) is 6.86. The highest BCUT2D eigenvalue weighted by molar-refractivity contribution is 7.84. The standard InChI is InChI=1S/C15H25NO2S/c1-4-5-6-9-19(17)12-14-10-13(11-16-2)7-8-15(14)18-3/h7-8,10,16H,4-6,9,11-12H2,1-3H3. The van der Waals surface area contributed by atoms with Crippen molar-refractivity contribution in [2.24, 2.45) is 0 Å². The zero-order valence-corrected chi connectivity index (χ0v) is 13.0. The molecule has 0 bridgehead atoms. The molecule has 0 saturated carbocycles. The van der Waals surface area contributed by atoms with Crippen LogP contribution in [-0.2, 0) is 23.1 Å². The Hall–Kier alpha value is -0.870. The third-order valence-electron chi connectivity index (χ3n) is 3.02. The van der Waals surface area contributed by atoms with Crippen LogP contribution >= 0.6 is 0 Å². The molecule has 1 N–H and O–H groups in total. The molecule has 19 heavy (non-hydrogen) atoms. The quantitative estimate of drug-likeness (QED) is 0.708. The summed E-state index contributed by atoms with van der Waals surface area (Å²) in [6.45, 7) is 2.98. The summed E-state index contributed by atoms with van der Waals surface area (Å²) in [5.41, 5.74) is 2.24. The molecule has 0 fully saturated rings. The van der Waals surface area contributed by atoms with E-state index in [1.165, 1.54) is 5.56 Å². The van der Waals surface area contributed by atoms with Gasteiger partial charge in [-0.2, -0.15) is 0 Å². The summed E-state index contributed by atoms with van der Waals surface area (Å²) in [5.74, 6) is 2.21. The van der Waals surface area contributed by atoms with Crippen LogP contribution < -0.4 is 10.1 Å². The van der Waals surface area contributed by atoms with E-state index in [4.69, 9.17) is 4.74 Å². The average Bonchev–Trinajstić information content (AvgIpc) is 2.40. The summed E-state index contributed by atoms with van der Waals surface area (Å²) in [6, 6.07) is 6.09. The molecule has 0 aliphatic carbocycles. The van der Waals surface area contributed by atoms with Crippen molar-refractivity contribution in [2.75, 3.05) is 19.9 Å². The van der Waals surface area contributed by atoms with Crippen LogP contribution in [0.15, 0.2) is 18.2 Å². The van der Waals surface area contributed by atoms with E-state index in [9.17, 15) is 4.21 Å². The van der Waals surface area contributed by atoms with Crippen molar-refractivity contribution in [3.05, 3.63) is 29.3 Å². The van der Waals surface area contributed by atoms with Gasteiger partial charge in [0.1, 0.15) is 5.75 Å². The zero-order valence-electron chi connectivity index (χ0n) is 12.2. The third-order valence-corrected chi connectivity index (χ3v) is 4.39. The Balaban J connectivity index is 2.68. The Bertz CT molecular complexity index is 407. The van der Waals surface area contributed by atoms with Gasteiger partial charge in [0.05, 0.1) is 12.9 Å². The molecule has 4 heteroatoms. The Labute approximate surface area is 119 Å². The summed E-state index contributed by atoms with van der Waals surface area (Å²) >= 11 is 0. The summed E-state index contributed by atoms with van der Waals surface area (Å²) in [6.07, 6.45) is 3.36. The first-order chi connectivity index (χ1) is 9.21. The van der Waals surface area contributed by atoms with Gasteiger partial charge in [0.25, 0.3) is 0 Å². The van der Waals surface area contributed by atoms with Gasteiger partial charge in [0.15, 0.2) is 0 Å². The van der Waals surface area contributed by atoms with E-state index in [2.05, 4.69) is 18.3 Å². The number of rotatable bonds is 9. The minimum absolute atomic E-state index is 0.588. The van der Waals surface area contributed by atoms with Crippen LogP contribution in [0.2, 0.25) is 0 Å². The van der Waals surface area contributed by atoms with Crippen molar-refractivity contribution in [2.45, 2.75) is 38.5 Å². The number of methoxy groups -OCH3 is 1. The minimum atomic E-state index is -0.797. The summed E-state index contributed by atoms with van der Waals surface area (Å²) < 4.78 is 17.4. The van der Waals surface area contributed by atoms with Gasteiger partial charge >= 0.3 is 0 Å². The van der Waals surface area contributed by atoms with Crippen molar-refractivity contribution in [1.82, 2.24) is 5.32 Å². The highest BCUT2D eigenvalue weighted by atomic mass is 32.2. The second kappa shape index (κ2) is 9.10. The number of nitrogens with one attached hydrogen (secondary N) is 1. The van der Waals surface area contributed by atoms with Gasteiger partial charge in [-0.3, -0.25) is 4.21 Å². The Morgan fingerprint density at radius 2 is 2.11 bits per heavy atom. The van der Waals surface area contributed by atoms with Crippen LogP contribution in [0.25, 0.3) is 0 Å². The van der Waals surface area contributed by atoms with Crippen LogP contribution in [0.1, 0.15) is 37.3 Å². The summed E-state index contributed by atoms with van der Waals surface area (Å²) in [4.78, 5) is 0. The van der Waals surface area contributed by atoms with Gasteiger partial charge in [-0.1, -0.05) is 25.8 Å². The van der Waals surface area contributed by atoms with Crippen molar-refractivity contribution in [3.8, 4) is 5.75 Å². The molecule has 108 valence electrons. The largest absolute Gasteiger partial charge is 0.496 e. The molecule has 0 aromatic heterocycles. The molecule has 0 radical (unpaired) electrons. The van der Waals surface area contributed by atoms with E-state index in [-0.39, 0.29) is 0 Å². The Morgan fingerprint density at radius 3 is 2.74 bits per heavy atom. The van der Waals surface area contributed by atoms with E-state index >= 15 is 0 Å². The summed E-state index contributed by atoms with van der Waals surface area (Å²) in [7, 11) is 2.79. The SMILES string of the molecule is CCCCCS(=O)Cc1cc(CNC)ccc1OC. The van der Waals surface area contributed by atoms with Gasteiger partial charge in [-0.25, -0.2) is 0 Å². The molecule has 3 nitrogen and oxygen atoms in total. The maximum Gasteiger partial charge on any atom is 0.123 e. The second-order valence-corrected chi connectivity index (χ2v) is 6.25. The van der Waals surface area contributed by atoms with E-state index in [0.29, 0.717) is 5.75 Å². The highest BCUT2D eigenvalue weighted by Gasteiger charge is 2.08. The molecule has 1 atom stereocenters. The third kappa shape index (κ3) is 5.74. The Morgan fingerprint density at radius 1 is 1.32 bits per heavy atom. The fraction of sp³-hybridized carbons (Fsp3) is 0.600. The molecule has 0 aliphatic heterocycles. The fourth-order valence-corrected chi connectivity index (χ4v) is 3.26. The van der Waals surface area contributed by atoms with Crippen molar-refractivity contribution < 1.29 is 8.95 Å². The molecule has 0 heterocycles. The molecule has 0 aliphatic rings. The normalized spacial score (nSPS) is 12.4. The van der Waals surface area contributed by atoms with E-state index in [1.807, 2.05) is 19.2 Å². The van der Waals surface area contributed by atoms with E-state index < -0.39 is 10.8 Å². The van der Waals surface area contributed by atoms with Crippen LogP contribution in [-0.4, -0.2) is 24.1 Å². The number of benzene rings is 1.